The fourth-order valence-electron chi connectivity index (χ4n) is 1.62. The molecule has 0 fully saturated rings. The maximum Gasteiger partial charge on any atom is 0.412 e. The average Bonchev–Trinajstić information content (AvgIpc) is 2.35. The molecule has 1 aromatic rings. The Labute approximate surface area is 124 Å². The molecule has 6 heteroatoms. The van der Waals surface area contributed by atoms with Gasteiger partial charge in [0.05, 0.1) is 18.8 Å². The number of methoxy groups -OCH3 is 1. The fraction of sp³-hybridized carbons (Fsp3) is 0.467. The molecular formula is C15H22N2O4. The van der Waals surface area contributed by atoms with Crippen LogP contribution in [-0.4, -0.2) is 30.6 Å². The van der Waals surface area contributed by atoms with Crippen LogP contribution in [0.5, 0.6) is 5.75 Å². The molecule has 0 radical (unpaired) electrons. The van der Waals surface area contributed by atoms with Crippen LogP contribution < -0.4 is 15.8 Å². The number of ketones is 1. The second kappa shape index (κ2) is 6.58. The van der Waals surface area contributed by atoms with Crippen LogP contribution in [-0.2, 0) is 4.74 Å². The van der Waals surface area contributed by atoms with E-state index in [1.807, 2.05) is 0 Å². The van der Waals surface area contributed by atoms with E-state index in [2.05, 4.69) is 5.32 Å². The number of anilines is 1. The third kappa shape index (κ3) is 5.07. The quantitative estimate of drug-likeness (QED) is 0.833. The second-order valence-electron chi connectivity index (χ2n) is 5.69. The summed E-state index contributed by atoms with van der Waals surface area (Å²) in [6.07, 6.45) is -0.633. The largest absolute Gasteiger partial charge is 0.497 e. The lowest BCUT2D eigenvalue weighted by atomic mass is 10.0. The summed E-state index contributed by atoms with van der Waals surface area (Å²) >= 11 is 0. The number of benzene rings is 1. The van der Waals surface area contributed by atoms with Gasteiger partial charge in [-0.15, -0.1) is 0 Å². The van der Waals surface area contributed by atoms with Crippen LogP contribution in [0.4, 0.5) is 10.5 Å². The Kier molecular flexibility index (Phi) is 5.32. The van der Waals surface area contributed by atoms with Gasteiger partial charge in [0.2, 0.25) is 0 Å². The van der Waals surface area contributed by atoms with E-state index >= 15 is 0 Å². The molecule has 0 heterocycles. The zero-order valence-corrected chi connectivity index (χ0v) is 13.0. The third-order valence-corrected chi connectivity index (χ3v) is 2.54. The van der Waals surface area contributed by atoms with Crippen molar-refractivity contribution in [2.24, 2.45) is 5.73 Å². The smallest absolute Gasteiger partial charge is 0.412 e. The summed E-state index contributed by atoms with van der Waals surface area (Å²) in [6.45, 7) is 6.86. The number of ether oxygens (including phenoxy) is 2. The van der Waals surface area contributed by atoms with E-state index < -0.39 is 17.7 Å². The highest BCUT2D eigenvalue weighted by molar-refractivity contribution is 6.06. The summed E-state index contributed by atoms with van der Waals surface area (Å²) in [5.74, 6) is 0.216. The number of hydrogen-bond donors (Lipinski definition) is 2. The van der Waals surface area contributed by atoms with Gasteiger partial charge in [0.15, 0.2) is 5.78 Å². The van der Waals surface area contributed by atoms with Crippen LogP contribution in [0.15, 0.2) is 18.2 Å². The van der Waals surface area contributed by atoms with Crippen molar-refractivity contribution < 1.29 is 19.1 Å². The molecule has 1 amide bonds. The van der Waals surface area contributed by atoms with Crippen LogP contribution in [0.25, 0.3) is 0 Å². The molecule has 0 aliphatic carbocycles. The molecule has 1 atom stereocenters. The van der Waals surface area contributed by atoms with Crippen LogP contribution in [0.1, 0.15) is 38.1 Å². The number of carbonyl (C=O) groups is 2. The minimum absolute atomic E-state index is 0.287. The Morgan fingerprint density at radius 3 is 2.38 bits per heavy atom. The maximum atomic E-state index is 12.1. The SMILES string of the molecule is COc1ccc(NC(=O)OC(C)(C)C)c(C(=O)C(C)N)c1. The Morgan fingerprint density at radius 1 is 1.29 bits per heavy atom. The van der Waals surface area contributed by atoms with Crippen molar-refractivity contribution >= 4 is 17.6 Å². The standard InChI is InChI=1S/C15H22N2O4/c1-9(16)13(18)11-8-10(20-5)6-7-12(11)17-14(19)21-15(2,3)4/h6-9H,16H2,1-5H3,(H,17,19). The Morgan fingerprint density at radius 2 is 1.90 bits per heavy atom. The molecular weight excluding hydrogens is 272 g/mol. The van der Waals surface area contributed by atoms with E-state index in [1.165, 1.54) is 7.11 Å². The number of hydrogen-bond acceptors (Lipinski definition) is 5. The van der Waals surface area contributed by atoms with Crippen molar-refractivity contribution in [3.8, 4) is 5.75 Å². The van der Waals surface area contributed by atoms with Gasteiger partial charge < -0.3 is 15.2 Å². The minimum Gasteiger partial charge on any atom is -0.497 e. The van der Waals surface area contributed by atoms with E-state index in [0.29, 0.717) is 11.4 Å². The Hall–Kier alpha value is -2.08. The third-order valence-electron chi connectivity index (χ3n) is 2.54. The van der Waals surface area contributed by atoms with Crippen LogP contribution in [0, 0.1) is 0 Å². The number of amides is 1. The van der Waals surface area contributed by atoms with Crippen molar-refractivity contribution in [2.75, 3.05) is 12.4 Å². The molecule has 0 saturated heterocycles. The summed E-state index contributed by atoms with van der Waals surface area (Å²) in [5.41, 5.74) is 5.63. The number of Topliss-reactive ketones (excluding diaryl/α,β-unsaturated/α-hetero) is 1. The number of nitrogens with one attached hydrogen (secondary N) is 1. The molecule has 21 heavy (non-hydrogen) atoms. The molecule has 0 aromatic heterocycles. The topological polar surface area (TPSA) is 90.6 Å². The van der Waals surface area contributed by atoms with Gasteiger partial charge in [0.1, 0.15) is 11.4 Å². The van der Waals surface area contributed by atoms with E-state index in [-0.39, 0.29) is 11.3 Å². The van der Waals surface area contributed by atoms with Gasteiger partial charge in [-0.25, -0.2) is 4.79 Å². The molecule has 0 saturated carbocycles. The van der Waals surface area contributed by atoms with Gasteiger partial charge in [-0.2, -0.15) is 0 Å². The molecule has 1 rings (SSSR count). The molecule has 0 spiro atoms. The molecule has 6 nitrogen and oxygen atoms in total. The zero-order chi connectivity index (χ0) is 16.2. The lowest BCUT2D eigenvalue weighted by molar-refractivity contribution is 0.0636. The molecule has 0 aliphatic rings. The van der Waals surface area contributed by atoms with Gasteiger partial charge >= 0.3 is 6.09 Å². The first-order valence-corrected chi connectivity index (χ1v) is 6.62. The van der Waals surface area contributed by atoms with Gasteiger partial charge in [-0.3, -0.25) is 10.1 Å². The van der Waals surface area contributed by atoms with E-state index in [0.717, 1.165) is 0 Å². The van der Waals surface area contributed by atoms with Gasteiger partial charge in [-0.05, 0) is 45.9 Å². The monoisotopic (exact) mass is 294 g/mol. The molecule has 1 unspecified atom stereocenters. The van der Waals surface area contributed by atoms with E-state index in [4.69, 9.17) is 15.2 Å². The lowest BCUT2D eigenvalue weighted by Crippen LogP contribution is -2.30. The van der Waals surface area contributed by atoms with Crippen molar-refractivity contribution in [2.45, 2.75) is 39.3 Å². The van der Waals surface area contributed by atoms with Crippen LogP contribution in [0.3, 0.4) is 0 Å². The predicted octanol–water partition coefficient (Wildman–Crippen LogP) is 2.57. The van der Waals surface area contributed by atoms with E-state index in [9.17, 15) is 9.59 Å². The Bertz CT molecular complexity index is 533. The summed E-state index contributed by atoms with van der Waals surface area (Å²) in [5, 5.41) is 2.56. The van der Waals surface area contributed by atoms with Crippen molar-refractivity contribution in [1.29, 1.82) is 0 Å². The summed E-state index contributed by atoms with van der Waals surface area (Å²) in [4.78, 5) is 23.9. The molecule has 3 N–H and O–H groups in total. The number of rotatable bonds is 4. The number of nitrogens with two attached hydrogens (primary N) is 1. The highest BCUT2D eigenvalue weighted by atomic mass is 16.6. The highest BCUT2D eigenvalue weighted by Gasteiger charge is 2.21. The lowest BCUT2D eigenvalue weighted by Gasteiger charge is -2.20. The first kappa shape index (κ1) is 17.0. The average molecular weight is 294 g/mol. The van der Waals surface area contributed by atoms with E-state index in [1.54, 1.807) is 45.9 Å². The maximum absolute atomic E-state index is 12.1. The summed E-state index contributed by atoms with van der Waals surface area (Å²) < 4.78 is 10.3. The summed E-state index contributed by atoms with van der Waals surface area (Å²) in [7, 11) is 1.50. The molecule has 116 valence electrons. The second-order valence-corrected chi connectivity index (χ2v) is 5.69. The Balaban J connectivity index is 3.06. The van der Waals surface area contributed by atoms with Crippen LogP contribution >= 0.6 is 0 Å². The number of carbonyl (C=O) groups excluding carboxylic acids is 2. The fourth-order valence-corrected chi connectivity index (χ4v) is 1.62. The van der Waals surface area contributed by atoms with Crippen molar-refractivity contribution in [3.05, 3.63) is 23.8 Å². The normalized spacial score (nSPS) is 12.5. The molecule has 0 aliphatic heterocycles. The first-order chi connectivity index (χ1) is 9.64. The first-order valence-electron chi connectivity index (χ1n) is 6.62. The zero-order valence-electron chi connectivity index (χ0n) is 13.0. The highest BCUT2D eigenvalue weighted by Crippen LogP contribution is 2.24. The molecule has 1 aromatic carbocycles. The van der Waals surface area contributed by atoms with Crippen molar-refractivity contribution in [1.82, 2.24) is 0 Å². The van der Waals surface area contributed by atoms with Gasteiger partial charge in [0.25, 0.3) is 0 Å². The predicted molar refractivity (Wildman–Crippen MR) is 80.8 cm³/mol. The van der Waals surface area contributed by atoms with Crippen LogP contribution in [0.2, 0.25) is 0 Å². The minimum atomic E-state index is -0.684. The van der Waals surface area contributed by atoms with Gasteiger partial charge in [-0.1, -0.05) is 0 Å². The van der Waals surface area contributed by atoms with Crippen molar-refractivity contribution in [3.63, 3.8) is 0 Å². The van der Waals surface area contributed by atoms with Gasteiger partial charge in [0, 0.05) is 5.56 Å². The molecule has 0 bridgehead atoms. The summed E-state index contributed by atoms with van der Waals surface area (Å²) in [6, 6.07) is 4.08.